The first-order valence-electron chi connectivity index (χ1n) is 7.27. The van der Waals surface area contributed by atoms with E-state index in [1.165, 1.54) is 12.8 Å². The molecule has 0 bridgehead atoms. The molecule has 1 heterocycles. The minimum atomic E-state index is 0.0546. The summed E-state index contributed by atoms with van der Waals surface area (Å²) in [5.74, 6) is 0.392. The summed E-state index contributed by atoms with van der Waals surface area (Å²) in [5, 5.41) is 10.1. The van der Waals surface area contributed by atoms with Crippen molar-refractivity contribution in [2.45, 2.75) is 50.2 Å². The van der Waals surface area contributed by atoms with Crippen molar-refractivity contribution in [3.8, 4) is 0 Å². The largest absolute Gasteiger partial charge is 0.396 e. The standard InChI is InChI=1S/C16H21ClO2/c17-14-6-2-1-5-13(14)15-12(7-10-18)11-16(19-15)8-3-4-9-16/h1-2,5-6,12,15,18H,3-4,7-11H2/t12-,15-/m1/s1. The van der Waals surface area contributed by atoms with E-state index in [4.69, 9.17) is 16.3 Å². The summed E-state index contributed by atoms with van der Waals surface area (Å²) in [6.45, 7) is 0.227. The first-order chi connectivity index (χ1) is 9.24. The maximum absolute atomic E-state index is 9.30. The Balaban J connectivity index is 1.88. The maximum Gasteiger partial charge on any atom is 0.0876 e. The van der Waals surface area contributed by atoms with E-state index in [2.05, 4.69) is 6.07 Å². The highest BCUT2D eigenvalue weighted by molar-refractivity contribution is 6.31. The molecule has 0 unspecified atom stereocenters. The van der Waals surface area contributed by atoms with Gasteiger partial charge in [-0.15, -0.1) is 0 Å². The molecule has 3 rings (SSSR count). The molecule has 0 aromatic heterocycles. The molecule has 0 radical (unpaired) electrons. The third-order valence-electron chi connectivity index (χ3n) is 4.67. The molecule has 1 aliphatic heterocycles. The fraction of sp³-hybridized carbons (Fsp3) is 0.625. The molecule has 1 aromatic carbocycles. The Morgan fingerprint density at radius 1 is 1.26 bits per heavy atom. The van der Waals surface area contributed by atoms with Crippen LogP contribution in [0.2, 0.25) is 5.02 Å². The lowest BCUT2D eigenvalue weighted by molar-refractivity contribution is -0.0429. The van der Waals surface area contributed by atoms with Crippen LogP contribution in [-0.4, -0.2) is 17.3 Å². The number of rotatable bonds is 3. The number of hydrogen-bond acceptors (Lipinski definition) is 2. The third-order valence-corrected chi connectivity index (χ3v) is 5.01. The zero-order chi connectivity index (χ0) is 13.3. The van der Waals surface area contributed by atoms with Crippen LogP contribution in [0.5, 0.6) is 0 Å². The summed E-state index contributed by atoms with van der Waals surface area (Å²) >= 11 is 6.32. The van der Waals surface area contributed by atoms with Gasteiger partial charge in [0.25, 0.3) is 0 Å². The number of hydrogen-bond donors (Lipinski definition) is 1. The van der Waals surface area contributed by atoms with Crippen LogP contribution in [0.25, 0.3) is 0 Å². The van der Waals surface area contributed by atoms with Crippen molar-refractivity contribution in [3.05, 3.63) is 34.9 Å². The van der Waals surface area contributed by atoms with Gasteiger partial charge in [-0.1, -0.05) is 42.6 Å². The van der Waals surface area contributed by atoms with E-state index in [0.29, 0.717) is 5.92 Å². The Kier molecular flexibility index (Phi) is 3.84. The van der Waals surface area contributed by atoms with Gasteiger partial charge in [0, 0.05) is 11.6 Å². The molecule has 3 heteroatoms. The average molecular weight is 281 g/mol. The van der Waals surface area contributed by atoms with E-state index < -0.39 is 0 Å². The Hall–Kier alpha value is -0.570. The minimum absolute atomic E-state index is 0.0546. The van der Waals surface area contributed by atoms with Crippen LogP contribution in [0.4, 0.5) is 0 Å². The number of ether oxygens (including phenoxy) is 1. The fourth-order valence-corrected chi connectivity index (χ4v) is 4.03. The zero-order valence-electron chi connectivity index (χ0n) is 11.1. The van der Waals surface area contributed by atoms with Gasteiger partial charge in [-0.05, 0) is 43.2 Å². The van der Waals surface area contributed by atoms with Gasteiger partial charge in [0.05, 0.1) is 11.7 Å². The topological polar surface area (TPSA) is 29.5 Å². The van der Waals surface area contributed by atoms with Gasteiger partial charge in [0.2, 0.25) is 0 Å². The van der Waals surface area contributed by atoms with Crippen molar-refractivity contribution in [2.24, 2.45) is 5.92 Å². The highest BCUT2D eigenvalue weighted by Gasteiger charge is 2.48. The van der Waals surface area contributed by atoms with Crippen LogP contribution in [-0.2, 0) is 4.74 Å². The molecular weight excluding hydrogens is 260 g/mol. The molecule has 1 saturated heterocycles. The van der Waals surface area contributed by atoms with Gasteiger partial charge in [-0.25, -0.2) is 0 Å². The van der Waals surface area contributed by atoms with E-state index in [9.17, 15) is 5.11 Å². The predicted octanol–water partition coefficient (Wildman–Crippen LogP) is 4.11. The van der Waals surface area contributed by atoms with Crippen LogP contribution >= 0.6 is 11.6 Å². The Morgan fingerprint density at radius 2 is 2.00 bits per heavy atom. The molecule has 2 nitrogen and oxygen atoms in total. The minimum Gasteiger partial charge on any atom is -0.396 e. The fourth-order valence-electron chi connectivity index (χ4n) is 3.78. The van der Waals surface area contributed by atoms with Crippen LogP contribution in [0.1, 0.15) is 50.2 Å². The molecular formula is C16H21ClO2. The van der Waals surface area contributed by atoms with Crippen molar-refractivity contribution in [3.63, 3.8) is 0 Å². The molecule has 1 N–H and O–H groups in total. The smallest absolute Gasteiger partial charge is 0.0876 e. The van der Waals surface area contributed by atoms with Gasteiger partial charge >= 0.3 is 0 Å². The van der Waals surface area contributed by atoms with Gasteiger partial charge in [-0.3, -0.25) is 0 Å². The van der Waals surface area contributed by atoms with E-state index in [1.54, 1.807) is 0 Å². The highest BCUT2D eigenvalue weighted by atomic mass is 35.5. The third kappa shape index (κ3) is 2.54. The van der Waals surface area contributed by atoms with Crippen LogP contribution < -0.4 is 0 Å². The lowest BCUT2D eigenvalue weighted by Gasteiger charge is -2.24. The molecule has 2 fully saturated rings. The van der Waals surface area contributed by atoms with Gasteiger partial charge < -0.3 is 9.84 Å². The summed E-state index contributed by atoms with van der Waals surface area (Å²) in [7, 11) is 0. The van der Waals surface area contributed by atoms with Crippen LogP contribution in [0, 0.1) is 5.92 Å². The number of halogens is 1. The second kappa shape index (κ2) is 5.43. The first kappa shape index (κ1) is 13.4. The molecule has 19 heavy (non-hydrogen) atoms. The molecule has 0 amide bonds. The summed E-state index contributed by atoms with van der Waals surface area (Å²) < 4.78 is 6.45. The van der Waals surface area contributed by atoms with Crippen molar-refractivity contribution >= 4 is 11.6 Å². The van der Waals surface area contributed by atoms with Gasteiger partial charge in [0.15, 0.2) is 0 Å². The number of benzene rings is 1. The molecule has 2 aliphatic rings. The first-order valence-corrected chi connectivity index (χ1v) is 7.65. The molecule has 104 valence electrons. The molecule has 2 atom stereocenters. The summed E-state index contributed by atoms with van der Waals surface area (Å²) in [6, 6.07) is 7.95. The second-order valence-corrected chi connectivity index (χ2v) is 6.33. The molecule has 1 spiro atoms. The Labute approximate surface area is 119 Å². The lowest BCUT2D eigenvalue weighted by atomic mass is 9.86. The van der Waals surface area contributed by atoms with E-state index in [-0.39, 0.29) is 18.3 Å². The van der Waals surface area contributed by atoms with Crippen molar-refractivity contribution in [2.75, 3.05) is 6.61 Å². The van der Waals surface area contributed by atoms with E-state index in [1.807, 2.05) is 18.2 Å². The van der Waals surface area contributed by atoms with E-state index >= 15 is 0 Å². The van der Waals surface area contributed by atoms with Gasteiger partial charge in [-0.2, -0.15) is 0 Å². The summed E-state index contributed by atoms with van der Waals surface area (Å²) in [4.78, 5) is 0. The van der Waals surface area contributed by atoms with Crippen LogP contribution in [0.3, 0.4) is 0 Å². The van der Waals surface area contributed by atoms with Crippen molar-refractivity contribution in [1.82, 2.24) is 0 Å². The van der Waals surface area contributed by atoms with Crippen LogP contribution in [0.15, 0.2) is 24.3 Å². The predicted molar refractivity (Wildman–Crippen MR) is 76.3 cm³/mol. The zero-order valence-corrected chi connectivity index (χ0v) is 11.9. The summed E-state index contributed by atoms with van der Waals surface area (Å²) in [6.07, 6.45) is 6.79. The highest BCUT2D eigenvalue weighted by Crippen LogP contribution is 2.53. The van der Waals surface area contributed by atoms with Crippen molar-refractivity contribution in [1.29, 1.82) is 0 Å². The number of aliphatic hydroxyl groups excluding tert-OH is 1. The lowest BCUT2D eigenvalue weighted by Crippen LogP contribution is -2.23. The molecule has 1 saturated carbocycles. The van der Waals surface area contributed by atoms with Crippen molar-refractivity contribution < 1.29 is 9.84 Å². The molecule has 1 aromatic rings. The molecule has 1 aliphatic carbocycles. The van der Waals surface area contributed by atoms with Gasteiger partial charge in [0.1, 0.15) is 0 Å². The Morgan fingerprint density at radius 3 is 2.68 bits per heavy atom. The monoisotopic (exact) mass is 280 g/mol. The maximum atomic E-state index is 9.30. The Bertz CT molecular complexity index is 440. The number of aliphatic hydroxyl groups is 1. The summed E-state index contributed by atoms with van der Waals surface area (Å²) in [5.41, 5.74) is 1.15. The van der Waals surface area contributed by atoms with E-state index in [0.717, 1.165) is 36.3 Å². The quantitative estimate of drug-likeness (QED) is 0.903. The normalized spacial score (nSPS) is 29.2. The average Bonchev–Trinajstić information content (AvgIpc) is 2.99. The SMILES string of the molecule is OCC[C@@H]1CC2(CCCC2)O[C@H]1c1ccccc1Cl. The second-order valence-electron chi connectivity index (χ2n) is 5.93.